The van der Waals surface area contributed by atoms with Crippen molar-refractivity contribution >= 4 is 21.9 Å². The molecular weight excluding hydrogens is 462 g/mol. The first-order valence-electron chi connectivity index (χ1n) is 11.4. The van der Waals surface area contributed by atoms with Crippen LogP contribution in [-0.2, 0) is 6.54 Å². The van der Waals surface area contributed by atoms with Crippen molar-refractivity contribution < 1.29 is 8.78 Å². The Labute approximate surface area is 203 Å². The Morgan fingerprint density at radius 3 is 2.56 bits per heavy atom. The van der Waals surface area contributed by atoms with Crippen molar-refractivity contribution in [3.63, 3.8) is 0 Å². The first-order valence-corrected chi connectivity index (χ1v) is 11.4. The van der Waals surface area contributed by atoms with Gasteiger partial charge in [0.15, 0.2) is 11.6 Å². The molecule has 0 atom stereocenters. The van der Waals surface area contributed by atoms with E-state index in [2.05, 4.69) is 35.5 Å². The molecule has 6 rings (SSSR count). The molecule has 0 saturated carbocycles. The maximum Gasteiger partial charge on any atom is 0.161 e. The lowest BCUT2D eigenvalue weighted by atomic mass is 10.1. The Bertz CT molecular complexity index is 1710. The number of halogens is 2. The summed E-state index contributed by atoms with van der Waals surface area (Å²) in [5, 5.41) is 10.7. The molecule has 0 aliphatic rings. The number of benzene rings is 1. The van der Waals surface area contributed by atoms with Crippen LogP contribution in [-0.4, -0.2) is 41.7 Å². The highest BCUT2D eigenvalue weighted by Crippen LogP contribution is 2.34. The molecule has 1 aromatic carbocycles. The van der Waals surface area contributed by atoms with Crippen LogP contribution >= 0.6 is 0 Å². The van der Waals surface area contributed by atoms with E-state index in [0.29, 0.717) is 40.2 Å². The summed E-state index contributed by atoms with van der Waals surface area (Å²) in [6.45, 7) is 3.46. The molecule has 36 heavy (non-hydrogen) atoms. The summed E-state index contributed by atoms with van der Waals surface area (Å²) < 4.78 is 29.3. The van der Waals surface area contributed by atoms with Gasteiger partial charge in [0.25, 0.3) is 0 Å². The number of hydrogen-bond acceptors (Lipinski definition) is 6. The van der Waals surface area contributed by atoms with E-state index in [1.54, 1.807) is 43.1 Å². The minimum absolute atomic E-state index is 0.181. The largest absolute Gasteiger partial charge is 0.335 e. The molecule has 0 bridgehead atoms. The van der Waals surface area contributed by atoms with Gasteiger partial charge in [-0.3, -0.25) is 20.1 Å². The number of H-pyrrole nitrogens is 2. The smallest absolute Gasteiger partial charge is 0.161 e. The van der Waals surface area contributed by atoms with E-state index in [1.807, 2.05) is 13.0 Å². The molecule has 0 saturated heterocycles. The highest BCUT2D eigenvalue weighted by atomic mass is 19.1. The average Bonchev–Trinajstić information content (AvgIpc) is 3.53. The fourth-order valence-corrected chi connectivity index (χ4v) is 4.22. The van der Waals surface area contributed by atoms with E-state index in [4.69, 9.17) is 4.98 Å². The number of nitrogens with one attached hydrogen (secondary N) is 3. The van der Waals surface area contributed by atoms with Gasteiger partial charge in [0, 0.05) is 36.3 Å². The van der Waals surface area contributed by atoms with Gasteiger partial charge in [-0.05, 0) is 35.9 Å². The number of fused-ring (bicyclic) bond motifs is 2. The second-order valence-electron chi connectivity index (χ2n) is 8.32. The Morgan fingerprint density at radius 2 is 1.72 bits per heavy atom. The molecule has 5 aromatic heterocycles. The van der Waals surface area contributed by atoms with E-state index in [9.17, 15) is 4.39 Å². The molecule has 6 aromatic rings. The van der Waals surface area contributed by atoms with Crippen molar-refractivity contribution in [3.8, 4) is 33.9 Å². The van der Waals surface area contributed by atoms with Gasteiger partial charge in [-0.25, -0.2) is 13.8 Å². The second-order valence-corrected chi connectivity index (χ2v) is 8.32. The van der Waals surface area contributed by atoms with Gasteiger partial charge in [0.05, 0.1) is 34.3 Å². The normalized spacial score (nSPS) is 11.5. The molecule has 0 spiro atoms. The van der Waals surface area contributed by atoms with Crippen LogP contribution in [0.5, 0.6) is 0 Å². The van der Waals surface area contributed by atoms with Crippen molar-refractivity contribution in [1.29, 1.82) is 0 Å². The molecule has 0 fully saturated rings. The maximum atomic E-state index is 15.9. The molecule has 0 aliphatic carbocycles. The summed E-state index contributed by atoms with van der Waals surface area (Å²) in [5.41, 5.74) is 5.22. The van der Waals surface area contributed by atoms with Crippen molar-refractivity contribution in [2.24, 2.45) is 0 Å². The number of rotatable bonds is 6. The standard InChI is InChI=1S/C26H20F2N8/c1-2-29-8-14-7-16(10-30-9-14)23-22(28)21-19(13-32-23)35-36-25(21)26-33-20-12-31-11-18(24(20)34-26)15-3-5-17(27)6-4-15/h3-7,9-13,29H,2,8H2,1H3,(H,33,34)(H,35,36). The van der Waals surface area contributed by atoms with Crippen LogP contribution in [0.15, 0.2) is 61.3 Å². The van der Waals surface area contributed by atoms with Crippen LogP contribution in [0.4, 0.5) is 8.78 Å². The fourth-order valence-electron chi connectivity index (χ4n) is 4.22. The quantitative estimate of drug-likeness (QED) is 0.308. The van der Waals surface area contributed by atoms with Crippen molar-refractivity contribution in [3.05, 3.63) is 78.5 Å². The third kappa shape index (κ3) is 3.77. The molecule has 8 nitrogen and oxygen atoms in total. The van der Waals surface area contributed by atoms with Crippen molar-refractivity contribution in [1.82, 2.24) is 40.4 Å². The SMILES string of the molecule is CCNCc1cncc(-c2ncc3[nH]nc(-c4nc5c(-c6ccc(F)cc6)cncc5[nH]4)c3c2F)c1. The number of imidazole rings is 1. The number of nitrogens with zero attached hydrogens (tertiary/aromatic N) is 5. The van der Waals surface area contributed by atoms with Crippen LogP contribution in [0.25, 0.3) is 55.8 Å². The Balaban J connectivity index is 1.47. The van der Waals surface area contributed by atoms with Gasteiger partial charge in [0.2, 0.25) is 0 Å². The van der Waals surface area contributed by atoms with Gasteiger partial charge in [-0.1, -0.05) is 19.1 Å². The van der Waals surface area contributed by atoms with E-state index < -0.39 is 5.82 Å². The zero-order chi connectivity index (χ0) is 24.6. The van der Waals surface area contributed by atoms with Gasteiger partial charge in [0.1, 0.15) is 17.2 Å². The molecule has 0 unspecified atom stereocenters. The van der Waals surface area contributed by atoms with Gasteiger partial charge in [-0.2, -0.15) is 5.10 Å². The minimum Gasteiger partial charge on any atom is -0.335 e. The first-order chi connectivity index (χ1) is 17.6. The molecule has 0 radical (unpaired) electrons. The van der Waals surface area contributed by atoms with Crippen molar-refractivity contribution in [2.75, 3.05) is 6.54 Å². The lowest BCUT2D eigenvalue weighted by Gasteiger charge is -2.07. The van der Waals surface area contributed by atoms with Gasteiger partial charge < -0.3 is 10.3 Å². The highest BCUT2D eigenvalue weighted by Gasteiger charge is 2.21. The van der Waals surface area contributed by atoms with Crippen LogP contribution < -0.4 is 5.32 Å². The van der Waals surface area contributed by atoms with E-state index in [1.165, 1.54) is 12.1 Å². The van der Waals surface area contributed by atoms with E-state index in [-0.39, 0.29) is 16.9 Å². The summed E-state index contributed by atoms with van der Waals surface area (Å²) >= 11 is 0. The highest BCUT2D eigenvalue weighted by molar-refractivity contribution is 5.97. The number of pyridine rings is 3. The summed E-state index contributed by atoms with van der Waals surface area (Å²) in [6, 6.07) is 7.97. The van der Waals surface area contributed by atoms with Gasteiger partial charge >= 0.3 is 0 Å². The molecule has 10 heteroatoms. The molecule has 3 N–H and O–H groups in total. The first kappa shape index (κ1) is 21.9. The number of hydrogen-bond donors (Lipinski definition) is 3. The summed E-state index contributed by atoms with van der Waals surface area (Å²) in [7, 11) is 0. The predicted molar refractivity (Wildman–Crippen MR) is 133 cm³/mol. The summed E-state index contributed by atoms with van der Waals surface area (Å²) in [6.07, 6.45) is 8.19. The van der Waals surface area contributed by atoms with E-state index in [0.717, 1.165) is 23.2 Å². The zero-order valence-corrected chi connectivity index (χ0v) is 19.2. The number of aromatic amines is 2. The summed E-state index contributed by atoms with van der Waals surface area (Å²) in [5.74, 6) is -0.467. The van der Waals surface area contributed by atoms with Crippen molar-refractivity contribution in [2.45, 2.75) is 13.5 Å². The Morgan fingerprint density at radius 1 is 0.889 bits per heavy atom. The molecule has 5 heterocycles. The van der Waals surface area contributed by atoms with Crippen LogP contribution in [0, 0.1) is 11.6 Å². The molecule has 0 amide bonds. The molecule has 178 valence electrons. The lowest BCUT2D eigenvalue weighted by Crippen LogP contribution is -2.11. The van der Waals surface area contributed by atoms with E-state index >= 15 is 4.39 Å². The topological polar surface area (TPSA) is 108 Å². The third-order valence-electron chi connectivity index (χ3n) is 5.97. The predicted octanol–water partition coefficient (Wildman–Crippen LogP) is 5.01. The Hall–Kier alpha value is -4.57. The van der Waals surface area contributed by atoms with Crippen LogP contribution in [0.3, 0.4) is 0 Å². The zero-order valence-electron chi connectivity index (χ0n) is 19.2. The summed E-state index contributed by atoms with van der Waals surface area (Å²) in [4.78, 5) is 20.8. The second kappa shape index (κ2) is 8.90. The van der Waals surface area contributed by atoms with Crippen LogP contribution in [0.1, 0.15) is 12.5 Å². The van der Waals surface area contributed by atoms with Gasteiger partial charge in [-0.15, -0.1) is 0 Å². The van der Waals surface area contributed by atoms with Crippen LogP contribution in [0.2, 0.25) is 0 Å². The maximum absolute atomic E-state index is 15.9. The molecule has 0 aliphatic heterocycles. The minimum atomic E-state index is -0.518. The third-order valence-corrected chi connectivity index (χ3v) is 5.97. The fraction of sp³-hybridized carbons (Fsp3) is 0.115. The lowest BCUT2D eigenvalue weighted by molar-refractivity contribution is 0.628. The number of aromatic nitrogens is 7. The monoisotopic (exact) mass is 482 g/mol. The Kier molecular flexibility index (Phi) is 5.42. The molecular formula is C26H20F2N8. The average molecular weight is 482 g/mol.